The van der Waals surface area contributed by atoms with Crippen molar-refractivity contribution in [2.24, 2.45) is 0 Å². The fourth-order valence-corrected chi connectivity index (χ4v) is 1.40. The van der Waals surface area contributed by atoms with Gasteiger partial charge in [0.25, 0.3) is 0 Å². The van der Waals surface area contributed by atoms with Crippen LogP contribution in [0, 0.1) is 11.6 Å². The molecule has 0 aliphatic heterocycles. The van der Waals surface area contributed by atoms with Gasteiger partial charge in [0.15, 0.2) is 5.82 Å². The zero-order chi connectivity index (χ0) is 11.0. The van der Waals surface area contributed by atoms with Crippen molar-refractivity contribution in [2.75, 3.05) is 7.05 Å². The van der Waals surface area contributed by atoms with Gasteiger partial charge in [-0.1, -0.05) is 0 Å². The highest BCUT2D eigenvalue weighted by Gasteiger charge is 2.12. The number of hydrogen-bond acceptors (Lipinski definition) is 2. The maximum Gasteiger partial charge on any atom is 0.153 e. The molecule has 0 aliphatic carbocycles. The SMILES string of the molecule is CN[C@@H](C)c1nc2c(F)cc(F)cc2[nH]1.Cl.Cl. The van der Waals surface area contributed by atoms with Crippen molar-refractivity contribution in [3.05, 3.63) is 29.6 Å². The molecule has 0 fully saturated rings. The van der Waals surface area contributed by atoms with Crippen LogP contribution in [0.3, 0.4) is 0 Å². The predicted molar refractivity (Wildman–Crippen MR) is 68.0 cm³/mol. The number of benzene rings is 1. The van der Waals surface area contributed by atoms with E-state index in [0.29, 0.717) is 11.3 Å². The van der Waals surface area contributed by atoms with E-state index in [1.807, 2.05) is 6.92 Å². The molecule has 17 heavy (non-hydrogen) atoms. The molecule has 1 atom stereocenters. The molecule has 2 N–H and O–H groups in total. The Balaban J connectivity index is 0.00000128. The second kappa shape index (κ2) is 6.14. The topological polar surface area (TPSA) is 40.7 Å². The van der Waals surface area contributed by atoms with Crippen LogP contribution in [-0.4, -0.2) is 17.0 Å². The van der Waals surface area contributed by atoms with Crippen LogP contribution >= 0.6 is 24.8 Å². The molecule has 7 heteroatoms. The molecule has 0 spiro atoms. The number of halogens is 4. The summed E-state index contributed by atoms with van der Waals surface area (Å²) in [6, 6.07) is 2.04. The van der Waals surface area contributed by atoms with Gasteiger partial charge >= 0.3 is 0 Å². The first-order chi connectivity index (χ1) is 7.11. The van der Waals surface area contributed by atoms with Gasteiger partial charge in [0.05, 0.1) is 11.6 Å². The molecular weight excluding hydrogens is 271 g/mol. The van der Waals surface area contributed by atoms with Crippen molar-refractivity contribution >= 4 is 35.8 Å². The zero-order valence-electron chi connectivity index (χ0n) is 9.25. The standard InChI is InChI=1S/C10H11F2N3.2ClH/c1-5(13-2)10-14-8-4-6(11)3-7(12)9(8)15-10;;/h3-5,13H,1-2H3,(H,14,15);2*1H/t5-;;/m0../s1. The lowest BCUT2D eigenvalue weighted by atomic mass is 10.3. The van der Waals surface area contributed by atoms with Crippen molar-refractivity contribution < 1.29 is 8.78 Å². The third kappa shape index (κ3) is 3.06. The summed E-state index contributed by atoms with van der Waals surface area (Å²) in [5, 5.41) is 2.97. The van der Waals surface area contributed by atoms with Gasteiger partial charge in [-0.05, 0) is 20.0 Å². The Morgan fingerprint density at radius 3 is 2.53 bits per heavy atom. The number of aromatic amines is 1. The molecule has 2 aromatic rings. The van der Waals surface area contributed by atoms with Crippen LogP contribution in [0.2, 0.25) is 0 Å². The summed E-state index contributed by atoms with van der Waals surface area (Å²) in [4.78, 5) is 6.94. The van der Waals surface area contributed by atoms with Gasteiger partial charge in [0.1, 0.15) is 17.2 Å². The number of imidazole rings is 1. The molecule has 96 valence electrons. The Labute approximate surface area is 110 Å². The first kappa shape index (κ1) is 16.1. The summed E-state index contributed by atoms with van der Waals surface area (Å²) in [6.07, 6.45) is 0. The number of nitrogens with zero attached hydrogens (tertiary/aromatic N) is 1. The van der Waals surface area contributed by atoms with Crippen molar-refractivity contribution in [1.29, 1.82) is 0 Å². The quantitative estimate of drug-likeness (QED) is 0.890. The molecule has 2 rings (SSSR count). The lowest BCUT2D eigenvalue weighted by Crippen LogP contribution is -2.13. The Hall–Kier alpha value is -0.910. The third-order valence-corrected chi connectivity index (χ3v) is 2.37. The number of rotatable bonds is 2. The summed E-state index contributed by atoms with van der Waals surface area (Å²) in [5.74, 6) is -0.653. The Morgan fingerprint density at radius 2 is 1.94 bits per heavy atom. The van der Waals surface area contributed by atoms with E-state index in [-0.39, 0.29) is 36.4 Å². The predicted octanol–water partition coefficient (Wildman–Crippen LogP) is 2.97. The van der Waals surface area contributed by atoms with E-state index in [1.54, 1.807) is 7.05 Å². The Morgan fingerprint density at radius 1 is 1.29 bits per heavy atom. The van der Waals surface area contributed by atoms with E-state index >= 15 is 0 Å². The number of aromatic nitrogens is 2. The highest BCUT2D eigenvalue weighted by atomic mass is 35.5. The lowest BCUT2D eigenvalue weighted by molar-refractivity contribution is 0.590. The molecule has 1 aromatic heterocycles. The van der Waals surface area contributed by atoms with E-state index in [1.165, 1.54) is 6.07 Å². The van der Waals surface area contributed by atoms with Crippen LogP contribution in [0.1, 0.15) is 18.8 Å². The van der Waals surface area contributed by atoms with Crippen LogP contribution in [-0.2, 0) is 0 Å². The van der Waals surface area contributed by atoms with Crippen LogP contribution in [0.5, 0.6) is 0 Å². The van der Waals surface area contributed by atoms with Crippen molar-refractivity contribution in [3.63, 3.8) is 0 Å². The monoisotopic (exact) mass is 283 g/mol. The lowest BCUT2D eigenvalue weighted by Gasteiger charge is -2.04. The summed E-state index contributed by atoms with van der Waals surface area (Å²) in [6.45, 7) is 1.88. The van der Waals surface area contributed by atoms with Crippen LogP contribution in [0.25, 0.3) is 11.0 Å². The maximum atomic E-state index is 13.3. The number of hydrogen-bond donors (Lipinski definition) is 2. The summed E-state index contributed by atoms with van der Waals surface area (Å²) in [7, 11) is 1.77. The molecule has 0 saturated carbocycles. The minimum atomic E-state index is -0.643. The number of H-pyrrole nitrogens is 1. The van der Waals surface area contributed by atoms with Crippen molar-refractivity contribution in [1.82, 2.24) is 15.3 Å². The van der Waals surface area contributed by atoms with Crippen molar-refractivity contribution in [2.45, 2.75) is 13.0 Å². The van der Waals surface area contributed by atoms with Gasteiger partial charge in [-0.2, -0.15) is 0 Å². The van der Waals surface area contributed by atoms with Gasteiger partial charge < -0.3 is 10.3 Å². The minimum Gasteiger partial charge on any atom is -0.340 e. The van der Waals surface area contributed by atoms with Crippen LogP contribution < -0.4 is 5.32 Å². The van der Waals surface area contributed by atoms with E-state index < -0.39 is 11.6 Å². The van der Waals surface area contributed by atoms with Gasteiger partial charge in [-0.15, -0.1) is 24.8 Å². The largest absolute Gasteiger partial charge is 0.340 e. The highest BCUT2D eigenvalue weighted by Crippen LogP contribution is 2.19. The normalized spacial score (nSPS) is 11.8. The Bertz CT molecular complexity index is 502. The van der Waals surface area contributed by atoms with E-state index in [4.69, 9.17) is 0 Å². The second-order valence-electron chi connectivity index (χ2n) is 3.42. The van der Waals surface area contributed by atoms with E-state index in [9.17, 15) is 8.78 Å². The average molecular weight is 284 g/mol. The van der Waals surface area contributed by atoms with Crippen molar-refractivity contribution in [3.8, 4) is 0 Å². The van der Waals surface area contributed by atoms with E-state index in [2.05, 4.69) is 15.3 Å². The molecule has 1 aromatic carbocycles. The summed E-state index contributed by atoms with van der Waals surface area (Å²) >= 11 is 0. The summed E-state index contributed by atoms with van der Waals surface area (Å²) < 4.78 is 26.2. The average Bonchev–Trinajstić information content (AvgIpc) is 2.60. The minimum absolute atomic E-state index is 0. The molecule has 1 heterocycles. The van der Waals surface area contributed by atoms with Gasteiger partial charge in [-0.25, -0.2) is 13.8 Å². The summed E-state index contributed by atoms with van der Waals surface area (Å²) in [5.41, 5.74) is 0.554. The molecule has 0 aliphatic rings. The highest BCUT2D eigenvalue weighted by molar-refractivity contribution is 5.85. The number of nitrogens with one attached hydrogen (secondary N) is 2. The van der Waals surface area contributed by atoms with E-state index in [0.717, 1.165) is 6.07 Å². The molecule has 0 amide bonds. The van der Waals surface area contributed by atoms with Gasteiger partial charge in [0.2, 0.25) is 0 Å². The first-order valence-corrected chi connectivity index (χ1v) is 4.63. The molecular formula is C10H13Cl2F2N3. The molecule has 0 bridgehead atoms. The molecule has 0 unspecified atom stereocenters. The zero-order valence-corrected chi connectivity index (χ0v) is 10.9. The van der Waals surface area contributed by atoms with Crippen LogP contribution in [0.15, 0.2) is 12.1 Å². The first-order valence-electron chi connectivity index (χ1n) is 4.63. The fourth-order valence-electron chi connectivity index (χ4n) is 1.40. The van der Waals surface area contributed by atoms with Gasteiger partial charge in [0, 0.05) is 6.07 Å². The van der Waals surface area contributed by atoms with Gasteiger partial charge in [-0.3, -0.25) is 0 Å². The Kier molecular flexibility index (Phi) is 5.81. The smallest absolute Gasteiger partial charge is 0.153 e. The van der Waals surface area contributed by atoms with Crippen LogP contribution in [0.4, 0.5) is 8.78 Å². The maximum absolute atomic E-state index is 13.3. The number of fused-ring (bicyclic) bond motifs is 1. The molecule has 0 radical (unpaired) electrons. The second-order valence-corrected chi connectivity index (χ2v) is 3.42. The molecule has 3 nitrogen and oxygen atoms in total. The third-order valence-electron chi connectivity index (χ3n) is 2.37. The molecule has 0 saturated heterocycles. The fraction of sp³-hybridized carbons (Fsp3) is 0.300.